The molecule has 0 radical (unpaired) electrons. The number of rotatable bonds is 3. The van der Waals surface area contributed by atoms with Gasteiger partial charge < -0.3 is 5.11 Å². The predicted octanol–water partition coefficient (Wildman–Crippen LogP) is 4.33. The van der Waals surface area contributed by atoms with E-state index in [1.807, 2.05) is 12.1 Å². The molecule has 2 heterocycles. The van der Waals surface area contributed by atoms with Gasteiger partial charge in [-0.05, 0) is 42.0 Å². The number of aromatic hydroxyl groups is 1. The molecular formula is C20H19FN4O. The lowest BCUT2D eigenvalue weighted by molar-refractivity contribution is 0.204. The van der Waals surface area contributed by atoms with Gasteiger partial charge in [0, 0.05) is 29.3 Å². The van der Waals surface area contributed by atoms with Crippen molar-refractivity contribution in [1.82, 2.24) is 20.2 Å². The molecule has 0 unspecified atom stereocenters. The summed E-state index contributed by atoms with van der Waals surface area (Å²) in [5.74, 6) is 0.218. The van der Waals surface area contributed by atoms with Crippen molar-refractivity contribution in [3.05, 3.63) is 49.2 Å². The molecule has 1 aliphatic carbocycles. The Balaban J connectivity index is 1.64. The zero-order valence-corrected chi connectivity index (χ0v) is 14.3. The summed E-state index contributed by atoms with van der Waals surface area (Å²) in [5.41, 5.74) is 1.60. The molecule has 0 amide bonds. The highest BCUT2D eigenvalue weighted by Crippen LogP contribution is 2.36. The van der Waals surface area contributed by atoms with Crippen LogP contribution in [0.2, 0.25) is 0 Å². The molecule has 1 aromatic carbocycles. The number of phenolic OH excluding ortho intramolecular Hbond substituents is 1. The molecule has 2 atom stereocenters. The number of aromatic nitrogens is 4. The van der Waals surface area contributed by atoms with Crippen LogP contribution in [-0.2, 0) is 0 Å². The zero-order valence-electron chi connectivity index (χ0n) is 14.3. The van der Waals surface area contributed by atoms with E-state index in [9.17, 15) is 9.50 Å². The van der Waals surface area contributed by atoms with Gasteiger partial charge in [0.2, 0.25) is 0 Å². The minimum Gasteiger partial charge on any atom is -0.507 e. The van der Waals surface area contributed by atoms with Crippen molar-refractivity contribution in [3.8, 4) is 17.0 Å². The Hall–Kier alpha value is -2.89. The number of fused-ring (bicyclic) bond motifs is 1. The summed E-state index contributed by atoms with van der Waals surface area (Å²) < 4.78 is 14.2. The van der Waals surface area contributed by atoms with Crippen LogP contribution in [0.25, 0.3) is 27.6 Å². The van der Waals surface area contributed by atoms with Crippen LogP contribution in [0.5, 0.6) is 5.75 Å². The third-order valence-corrected chi connectivity index (χ3v) is 5.01. The normalized spacial score (nSPS) is 20.2. The largest absolute Gasteiger partial charge is 0.507 e. The molecule has 0 bridgehead atoms. The van der Waals surface area contributed by atoms with Crippen molar-refractivity contribution in [2.45, 2.75) is 31.9 Å². The SMILES string of the molecule is C=C(c1ncc(-c2cc3ccncc3cc2O)nn1)[C@@H]1CCCC[C@H]1F. The molecule has 5 nitrogen and oxygen atoms in total. The van der Waals surface area contributed by atoms with Crippen molar-refractivity contribution in [1.29, 1.82) is 0 Å². The van der Waals surface area contributed by atoms with Gasteiger partial charge in [0.05, 0.1) is 6.20 Å². The number of alkyl halides is 1. The van der Waals surface area contributed by atoms with Crippen molar-refractivity contribution >= 4 is 16.3 Å². The summed E-state index contributed by atoms with van der Waals surface area (Å²) in [4.78, 5) is 8.37. The van der Waals surface area contributed by atoms with E-state index in [1.165, 1.54) is 0 Å². The Morgan fingerprint density at radius 2 is 1.96 bits per heavy atom. The molecule has 6 heteroatoms. The van der Waals surface area contributed by atoms with Gasteiger partial charge >= 0.3 is 0 Å². The first-order valence-corrected chi connectivity index (χ1v) is 8.73. The summed E-state index contributed by atoms with van der Waals surface area (Å²) in [6.07, 6.45) is 7.28. The Morgan fingerprint density at radius 1 is 1.12 bits per heavy atom. The predicted molar refractivity (Wildman–Crippen MR) is 98.1 cm³/mol. The maximum absolute atomic E-state index is 14.2. The number of hydrogen-bond donors (Lipinski definition) is 1. The number of benzene rings is 1. The van der Waals surface area contributed by atoms with Crippen molar-refractivity contribution in [2.75, 3.05) is 0 Å². The number of allylic oxidation sites excluding steroid dienone is 1. The van der Waals surface area contributed by atoms with Crippen LogP contribution in [-0.4, -0.2) is 31.4 Å². The molecule has 2 aromatic heterocycles. The van der Waals surface area contributed by atoms with Crippen LogP contribution in [0.3, 0.4) is 0 Å². The minimum absolute atomic E-state index is 0.0873. The van der Waals surface area contributed by atoms with E-state index in [1.54, 1.807) is 24.7 Å². The summed E-state index contributed by atoms with van der Waals surface area (Å²) in [6, 6.07) is 5.33. The van der Waals surface area contributed by atoms with Crippen LogP contribution in [0, 0.1) is 5.92 Å². The van der Waals surface area contributed by atoms with E-state index < -0.39 is 6.17 Å². The lowest BCUT2D eigenvalue weighted by Gasteiger charge is -2.26. The third kappa shape index (κ3) is 3.03. The summed E-state index contributed by atoms with van der Waals surface area (Å²) in [7, 11) is 0. The van der Waals surface area contributed by atoms with E-state index in [0.29, 0.717) is 29.1 Å². The van der Waals surface area contributed by atoms with Crippen LogP contribution in [0.15, 0.2) is 43.4 Å². The van der Waals surface area contributed by atoms with E-state index in [4.69, 9.17) is 0 Å². The fourth-order valence-electron chi connectivity index (χ4n) is 3.52. The number of nitrogens with zero attached hydrogens (tertiary/aromatic N) is 4. The molecule has 0 spiro atoms. The van der Waals surface area contributed by atoms with Crippen molar-refractivity contribution in [2.24, 2.45) is 5.92 Å². The number of phenols is 1. The molecule has 4 rings (SSSR count). The molecule has 1 N–H and O–H groups in total. The molecule has 1 saturated carbocycles. The summed E-state index contributed by atoms with van der Waals surface area (Å²) in [5, 5.41) is 20.4. The molecule has 0 saturated heterocycles. The Bertz CT molecular complexity index is 958. The van der Waals surface area contributed by atoms with Crippen LogP contribution < -0.4 is 0 Å². The fraction of sp³-hybridized carbons (Fsp3) is 0.300. The monoisotopic (exact) mass is 350 g/mol. The Labute approximate surface area is 150 Å². The van der Waals surface area contributed by atoms with Gasteiger partial charge in [-0.3, -0.25) is 4.98 Å². The third-order valence-electron chi connectivity index (χ3n) is 5.01. The smallest absolute Gasteiger partial charge is 0.177 e. The molecule has 1 fully saturated rings. The van der Waals surface area contributed by atoms with Crippen LogP contribution in [0.1, 0.15) is 31.5 Å². The number of pyridine rings is 1. The molecule has 26 heavy (non-hydrogen) atoms. The lowest BCUT2D eigenvalue weighted by Crippen LogP contribution is -2.22. The second-order valence-corrected chi connectivity index (χ2v) is 6.69. The van der Waals surface area contributed by atoms with Crippen LogP contribution in [0.4, 0.5) is 4.39 Å². The Kier molecular flexibility index (Phi) is 4.32. The van der Waals surface area contributed by atoms with E-state index in [0.717, 1.165) is 30.0 Å². The first-order chi connectivity index (χ1) is 12.6. The van der Waals surface area contributed by atoms with Crippen molar-refractivity contribution < 1.29 is 9.50 Å². The van der Waals surface area contributed by atoms with Gasteiger partial charge in [-0.2, -0.15) is 0 Å². The number of hydrogen-bond acceptors (Lipinski definition) is 5. The van der Waals surface area contributed by atoms with E-state index in [2.05, 4.69) is 26.7 Å². The van der Waals surface area contributed by atoms with Gasteiger partial charge in [-0.25, -0.2) is 9.37 Å². The van der Waals surface area contributed by atoms with Crippen molar-refractivity contribution in [3.63, 3.8) is 0 Å². The molecule has 132 valence electrons. The zero-order chi connectivity index (χ0) is 18.1. The number of halogens is 1. The van der Waals surface area contributed by atoms with Gasteiger partial charge in [0.25, 0.3) is 0 Å². The summed E-state index contributed by atoms with van der Waals surface area (Å²) >= 11 is 0. The second kappa shape index (κ2) is 6.78. The quantitative estimate of drug-likeness (QED) is 0.761. The molecule has 3 aromatic rings. The topological polar surface area (TPSA) is 71.8 Å². The maximum atomic E-state index is 14.2. The molecule has 1 aliphatic rings. The van der Waals surface area contributed by atoms with Gasteiger partial charge in [-0.15, -0.1) is 10.2 Å². The first-order valence-electron chi connectivity index (χ1n) is 8.73. The first kappa shape index (κ1) is 16.6. The van der Waals surface area contributed by atoms with Gasteiger partial charge in [-0.1, -0.05) is 19.4 Å². The van der Waals surface area contributed by atoms with Crippen LogP contribution >= 0.6 is 0 Å². The standard InChI is InChI=1S/C20H19FN4O/c1-12(15-4-2-3-5-17(15)21)20-23-11-18(24-25-20)16-8-13-6-7-22-10-14(13)9-19(16)26/h6-11,15,17,26H,1-5H2/t15-,17+/m0/s1. The highest BCUT2D eigenvalue weighted by Gasteiger charge is 2.29. The second-order valence-electron chi connectivity index (χ2n) is 6.69. The average molecular weight is 350 g/mol. The highest BCUT2D eigenvalue weighted by atomic mass is 19.1. The Morgan fingerprint density at radius 3 is 2.73 bits per heavy atom. The lowest BCUT2D eigenvalue weighted by atomic mass is 9.82. The maximum Gasteiger partial charge on any atom is 0.177 e. The van der Waals surface area contributed by atoms with E-state index >= 15 is 0 Å². The minimum atomic E-state index is -0.891. The summed E-state index contributed by atoms with van der Waals surface area (Å²) in [6.45, 7) is 4.00. The van der Waals surface area contributed by atoms with E-state index in [-0.39, 0.29) is 11.7 Å². The highest BCUT2D eigenvalue weighted by molar-refractivity contribution is 5.89. The van der Waals surface area contributed by atoms with Gasteiger partial charge in [0.15, 0.2) is 5.82 Å². The molecular weight excluding hydrogens is 331 g/mol. The fourth-order valence-corrected chi connectivity index (χ4v) is 3.52. The average Bonchev–Trinajstić information content (AvgIpc) is 2.67. The van der Waals surface area contributed by atoms with Gasteiger partial charge in [0.1, 0.15) is 17.6 Å². The molecule has 0 aliphatic heterocycles.